The highest BCUT2D eigenvalue weighted by atomic mass is 16.3. The van der Waals surface area contributed by atoms with Crippen molar-refractivity contribution in [2.24, 2.45) is 11.3 Å². The number of carbonyl (C=O) groups is 1. The predicted octanol–water partition coefficient (Wildman–Crippen LogP) is 0.826. The van der Waals surface area contributed by atoms with Crippen molar-refractivity contribution in [1.82, 2.24) is 20.3 Å². The van der Waals surface area contributed by atoms with E-state index in [2.05, 4.69) is 29.5 Å². The number of carbonyl (C=O) groups excluding carboxylic acids is 1. The number of aryl methyl sites for hydroxylation is 1. The van der Waals surface area contributed by atoms with Gasteiger partial charge in [0.1, 0.15) is 0 Å². The first-order valence-corrected chi connectivity index (χ1v) is 6.84. The fourth-order valence-electron chi connectivity index (χ4n) is 1.83. The summed E-state index contributed by atoms with van der Waals surface area (Å²) in [4.78, 5) is 11.9. The Labute approximate surface area is 113 Å². The Morgan fingerprint density at radius 1 is 1.58 bits per heavy atom. The lowest BCUT2D eigenvalue weighted by atomic mass is 10.1. The molecular formula is C13H22N4O2. The molecule has 2 rings (SSSR count). The molecule has 0 atom stereocenters. The maximum Gasteiger partial charge on any atom is 0.273 e. The van der Waals surface area contributed by atoms with E-state index in [-0.39, 0.29) is 17.9 Å². The van der Waals surface area contributed by atoms with Crippen molar-refractivity contribution in [1.29, 1.82) is 0 Å². The summed E-state index contributed by atoms with van der Waals surface area (Å²) in [6, 6.07) is 0. The molecule has 1 aliphatic carbocycles. The number of aromatic nitrogens is 3. The first-order valence-electron chi connectivity index (χ1n) is 6.84. The Morgan fingerprint density at radius 3 is 2.89 bits per heavy atom. The van der Waals surface area contributed by atoms with Crippen LogP contribution in [-0.2, 0) is 6.54 Å². The van der Waals surface area contributed by atoms with Gasteiger partial charge in [-0.3, -0.25) is 9.48 Å². The Morgan fingerprint density at radius 2 is 2.32 bits per heavy atom. The van der Waals surface area contributed by atoms with E-state index in [4.69, 9.17) is 0 Å². The monoisotopic (exact) mass is 266 g/mol. The van der Waals surface area contributed by atoms with Gasteiger partial charge in [-0.15, -0.1) is 5.10 Å². The molecule has 1 aliphatic rings. The minimum absolute atomic E-state index is 0.0801. The summed E-state index contributed by atoms with van der Waals surface area (Å²) in [6.07, 6.45) is 4.64. The zero-order chi connectivity index (χ0) is 13.9. The van der Waals surface area contributed by atoms with Crippen molar-refractivity contribution in [2.75, 3.05) is 13.2 Å². The van der Waals surface area contributed by atoms with Crippen LogP contribution in [0.15, 0.2) is 6.20 Å². The SMILES string of the molecule is CC(C)CCn1cc(C(=O)NCC2(CO)CC2)nn1. The normalized spacial score (nSPS) is 16.6. The molecule has 0 spiro atoms. The summed E-state index contributed by atoms with van der Waals surface area (Å²) in [7, 11) is 0. The molecule has 0 aromatic carbocycles. The first kappa shape index (κ1) is 14.0. The Hall–Kier alpha value is -1.43. The van der Waals surface area contributed by atoms with Gasteiger partial charge in [-0.25, -0.2) is 0 Å². The van der Waals surface area contributed by atoms with Crippen LogP contribution in [0.3, 0.4) is 0 Å². The highest BCUT2D eigenvalue weighted by Crippen LogP contribution is 2.44. The summed E-state index contributed by atoms with van der Waals surface area (Å²) in [5.41, 5.74) is 0.265. The third kappa shape index (κ3) is 3.76. The zero-order valence-corrected chi connectivity index (χ0v) is 11.6. The minimum atomic E-state index is -0.212. The van der Waals surface area contributed by atoms with E-state index < -0.39 is 0 Å². The minimum Gasteiger partial charge on any atom is -0.396 e. The predicted molar refractivity (Wildman–Crippen MR) is 70.6 cm³/mol. The molecule has 0 bridgehead atoms. The fourth-order valence-corrected chi connectivity index (χ4v) is 1.83. The lowest BCUT2D eigenvalue weighted by Gasteiger charge is -2.11. The lowest BCUT2D eigenvalue weighted by Crippen LogP contribution is -2.32. The van der Waals surface area contributed by atoms with Gasteiger partial charge in [0.05, 0.1) is 12.8 Å². The number of aliphatic hydroxyl groups excluding tert-OH is 1. The van der Waals surface area contributed by atoms with Crippen molar-refractivity contribution in [3.63, 3.8) is 0 Å². The van der Waals surface area contributed by atoms with Gasteiger partial charge in [-0.05, 0) is 25.2 Å². The van der Waals surface area contributed by atoms with E-state index in [9.17, 15) is 9.90 Å². The van der Waals surface area contributed by atoms with Crippen molar-refractivity contribution < 1.29 is 9.90 Å². The summed E-state index contributed by atoms with van der Waals surface area (Å²) in [6.45, 7) is 5.72. The van der Waals surface area contributed by atoms with Crippen LogP contribution in [0.1, 0.15) is 43.6 Å². The quantitative estimate of drug-likeness (QED) is 0.766. The van der Waals surface area contributed by atoms with E-state index in [0.29, 0.717) is 18.2 Å². The van der Waals surface area contributed by atoms with Crippen LogP contribution in [0.4, 0.5) is 0 Å². The average molecular weight is 266 g/mol. The number of nitrogens with zero attached hydrogens (tertiary/aromatic N) is 3. The number of amides is 1. The topological polar surface area (TPSA) is 80.0 Å². The number of rotatable bonds is 7. The van der Waals surface area contributed by atoms with Gasteiger partial charge in [0.15, 0.2) is 5.69 Å². The smallest absolute Gasteiger partial charge is 0.273 e. The maximum absolute atomic E-state index is 11.9. The van der Waals surface area contributed by atoms with E-state index >= 15 is 0 Å². The molecule has 2 N–H and O–H groups in total. The van der Waals surface area contributed by atoms with Gasteiger partial charge in [0.2, 0.25) is 0 Å². The number of hydrogen-bond donors (Lipinski definition) is 2. The van der Waals surface area contributed by atoms with Gasteiger partial charge in [-0.1, -0.05) is 19.1 Å². The molecule has 1 amide bonds. The van der Waals surface area contributed by atoms with Gasteiger partial charge in [-0.2, -0.15) is 0 Å². The molecule has 1 saturated carbocycles. The van der Waals surface area contributed by atoms with E-state index in [0.717, 1.165) is 25.8 Å². The second-order valence-electron chi connectivity index (χ2n) is 5.89. The van der Waals surface area contributed by atoms with Crippen molar-refractivity contribution in [3.05, 3.63) is 11.9 Å². The van der Waals surface area contributed by atoms with Crippen molar-refractivity contribution in [2.45, 2.75) is 39.7 Å². The molecule has 106 valence electrons. The van der Waals surface area contributed by atoms with Crippen LogP contribution in [0.2, 0.25) is 0 Å². The standard InChI is InChI=1S/C13H22N4O2/c1-10(2)3-6-17-7-11(15-16-17)12(19)14-8-13(9-18)4-5-13/h7,10,18H,3-6,8-9H2,1-2H3,(H,14,19). The summed E-state index contributed by atoms with van der Waals surface area (Å²) >= 11 is 0. The molecule has 1 aromatic rings. The van der Waals surface area contributed by atoms with Crippen molar-refractivity contribution >= 4 is 5.91 Å². The van der Waals surface area contributed by atoms with Crippen LogP contribution >= 0.6 is 0 Å². The third-order valence-corrected chi connectivity index (χ3v) is 3.62. The Balaban J connectivity index is 1.82. The van der Waals surface area contributed by atoms with Gasteiger partial charge in [0.25, 0.3) is 5.91 Å². The lowest BCUT2D eigenvalue weighted by molar-refractivity contribution is 0.0930. The average Bonchev–Trinajstić information content (AvgIpc) is 3.02. The largest absolute Gasteiger partial charge is 0.396 e. The highest BCUT2D eigenvalue weighted by molar-refractivity contribution is 5.91. The second-order valence-corrected chi connectivity index (χ2v) is 5.89. The van der Waals surface area contributed by atoms with Gasteiger partial charge >= 0.3 is 0 Å². The molecule has 0 aliphatic heterocycles. The molecule has 1 heterocycles. The van der Waals surface area contributed by atoms with E-state index in [1.54, 1.807) is 10.9 Å². The molecule has 1 aromatic heterocycles. The highest BCUT2D eigenvalue weighted by Gasteiger charge is 2.42. The van der Waals surface area contributed by atoms with Crippen LogP contribution in [0, 0.1) is 11.3 Å². The first-order chi connectivity index (χ1) is 9.04. The summed E-state index contributed by atoms with van der Waals surface area (Å²) in [5, 5.41) is 19.8. The molecular weight excluding hydrogens is 244 g/mol. The molecule has 6 nitrogen and oxygen atoms in total. The second kappa shape index (κ2) is 5.69. The zero-order valence-electron chi connectivity index (χ0n) is 11.6. The van der Waals surface area contributed by atoms with Crippen LogP contribution < -0.4 is 5.32 Å². The van der Waals surface area contributed by atoms with Crippen LogP contribution in [-0.4, -0.2) is 39.2 Å². The molecule has 1 fully saturated rings. The summed E-state index contributed by atoms with van der Waals surface area (Å²) in [5.74, 6) is 0.385. The maximum atomic E-state index is 11.9. The fraction of sp³-hybridized carbons (Fsp3) is 0.769. The number of hydrogen-bond acceptors (Lipinski definition) is 4. The van der Waals surface area contributed by atoms with E-state index in [1.807, 2.05) is 0 Å². The molecule has 6 heteroatoms. The Bertz CT molecular complexity index is 438. The summed E-state index contributed by atoms with van der Waals surface area (Å²) < 4.78 is 1.70. The van der Waals surface area contributed by atoms with Crippen LogP contribution in [0.25, 0.3) is 0 Å². The van der Waals surface area contributed by atoms with Crippen LogP contribution in [0.5, 0.6) is 0 Å². The van der Waals surface area contributed by atoms with Gasteiger partial charge in [0, 0.05) is 18.5 Å². The molecule has 19 heavy (non-hydrogen) atoms. The number of aliphatic hydroxyl groups is 1. The van der Waals surface area contributed by atoms with E-state index in [1.165, 1.54) is 0 Å². The van der Waals surface area contributed by atoms with Crippen molar-refractivity contribution in [3.8, 4) is 0 Å². The molecule has 0 saturated heterocycles. The Kier molecular flexibility index (Phi) is 4.19. The number of nitrogens with one attached hydrogen (secondary N) is 1. The molecule has 0 unspecified atom stereocenters. The molecule has 0 radical (unpaired) electrons. The van der Waals surface area contributed by atoms with Gasteiger partial charge < -0.3 is 10.4 Å². The third-order valence-electron chi connectivity index (χ3n) is 3.62.